The molecule has 4 nitrogen and oxygen atoms in total. The predicted molar refractivity (Wildman–Crippen MR) is 62.2 cm³/mol. The van der Waals surface area contributed by atoms with Gasteiger partial charge in [0.2, 0.25) is 5.88 Å². The van der Waals surface area contributed by atoms with Gasteiger partial charge in [0.25, 0.3) is 0 Å². The highest BCUT2D eigenvalue weighted by Gasteiger charge is 1.97. The second kappa shape index (κ2) is 6.24. The fourth-order valence-electron chi connectivity index (χ4n) is 1.29. The summed E-state index contributed by atoms with van der Waals surface area (Å²) in [5.74, 6) is 0.632. The highest BCUT2D eigenvalue weighted by atomic mass is 16.5. The van der Waals surface area contributed by atoms with Crippen LogP contribution in [0.15, 0.2) is 18.3 Å². The van der Waals surface area contributed by atoms with E-state index < -0.39 is 0 Å². The van der Waals surface area contributed by atoms with Crippen LogP contribution >= 0.6 is 0 Å². The number of ether oxygens (including phenoxy) is 1. The van der Waals surface area contributed by atoms with Crippen LogP contribution in [0.25, 0.3) is 0 Å². The average molecular weight is 209 g/mol. The number of rotatable bonds is 6. The molecule has 1 atom stereocenters. The normalized spacial score (nSPS) is 12.2. The summed E-state index contributed by atoms with van der Waals surface area (Å²) in [6.07, 6.45) is 3.84. The molecule has 15 heavy (non-hydrogen) atoms. The lowest BCUT2D eigenvalue weighted by atomic mass is 10.2. The first-order valence-electron chi connectivity index (χ1n) is 5.22. The van der Waals surface area contributed by atoms with Gasteiger partial charge >= 0.3 is 0 Å². The summed E-state index contributed by atoms with van der Waals surface area (Å²) < 4.78 is 5.03. The summed E-state index contributed by atoms with van der Waals surface area (Å²) in [4.78, 5) is 4.03. The Bertz CT molecular complexity index is 289. The summed E-state index contributed by atoms with van der Waals surface area (Å²) in [7, 11) is 1.61. The predicted octanol–water partition coefficient (Wildman–Crippen LogP) is 1.63. The molecular weight excluding hydrogens is 190 g/mol. The Morgan fingerprint density at radius 2 is 2.40 bits per heavy atom. The molecule has 0 aliphatic carbocycles. The summed E-state index contributed by atoms with van der Waals surface area (Å²) in [6.45, 7) is 2.95. The van der Waals surface area contributed by atoms with Gasteiger partial charge in [0.15, 0.2) is 0 Å². The third-order valence-electron chi connectivity index (χ3n) is 2.11. The summed E-state index contributed by atoms with van der Waals surface area (Å²) >= 11 is 0. The molecule has 0 aliphatic rings. The van der Waals surface area contributed by atoms with E-state index in [9.17, 15) is 0 Å². The fourth-order valence-corrected chi connectivity index (χ4v) is 1.29. The lowest BCUT2D eigenvalue weighted by molar-refractivity contribution is 0.398. The van der Waals surface area contributed by atoms with Gasteiger partial charge in [-0.05, 0) is 25.8 Å². The third-order valence-corrected chi connectivity index (χ3v) is 2.11. The number of pyridine rings is 1. The van der Waals surface area contributed by atoms with Crippen molar-refractivity contribution in [3.05, 3.63) is 18.3 Å². The van der Waals surface area contributed by atoms with Gasteiger partial charge in [-0.2, -0.15) is 0 Å². The molecule has 0 aliphatic heterocycles. The van der Waals surface area contributed by atoms with E-state index in [0.29, 0.717) is 5.88 Å². The van der Waals surface area contributed by atoms with Gasteiger partial charge in [-0.3, -0.25) is 0 Å². The monoisotopic (exact) mass is 209 g/mol. The van der Waals surface area contributed by atoms with Gasteiger partial charge in [0, 0.05) is 30.5 Å². The van der Waals surface area contributed by atoms with Gasteiger partial charge in [-0.25, -0.2) is 4.98 Å². The lowest BCUT2D eigenvalue weighted by Gasteiger charge is -2.08. The molecule has 1 aromatic heterocycles. The number of nitrogens with one attached hydrogen (secondary N) is 1. The zero-order valence-corrected chi connectivity index (χ0v) is 9.36. The minimum atomic E-state index is 0.277. The molecule has 0 fully saturated rings. The quantitative estimate of drug-likeness (QED) is 0.699. The Balaban J connectivity index is 2.30. The highest BCUT2D eigenvalue weighted by molar-refractivity contribution is 5.44. The van der Waals surface area contributed by atoms with Crippen molar-refractivity contribution >= 4 is 5.69 Å². The summed E-state index contributed by atoms with van der Waals surface area (Å²) in [5, 5.41) is 3.30. The Labute approximate surface area is 90.8 Å². The topological polar surface area (TPSA) is 60.2 Å². The number of nitrogens with zero attached hydrogens (tertiary/aromatic N) is 1. The molecule has 0 bridgehead atoms. The Hall–Kier alpha value is -1.29. The SMILES string of the molecule is COc1cc(NCCCC(C)N)ccn1. The Morgan fingerprint density at radius 1 is 1.60 bits per heavy atom. The first-order chi connectivity index (χ1) is 7.22. The molecule has 4 heteroatoms. The molecule has 0 aromatic carbocycles. The maximum Gasteiger partial charge on any atom is 0.214 e. The molecule has 1 heterocycles. The van der Waals surface area contributed by atoms with Crippen LogP contribution in [0.5, 0.6) is 5.88 Å². The molecule has 0 spiro atoms. The van der Waals surface area contributed by atoms with Crippen molar-refractivity contribution in [2.75, 3.05) is 19.0 Å². The van der Waals surface area contributed by atoms with Crippen LogP contribution in [0.3, 0.4) is 0 Å². The van der Waals surface area contributed by atoms with Gasteiger partial charge in [-0.1, -0.05) is 0 Å². The van der Waals surface area contributed by atoms with Crippen LogP contribution in [0.1, 0.15) is 19.8 Å². The van der Waals surface area contributed by atoms with Crippen molar-refractivity contribution < 1.29 is 4.74 Å². The molecule has 0 amide bonds. The number of methoxy groups -OCH3 is 1. The van der Waals surface area contributed by atoms with Crippen molar-refractivity contribution in [3.63, 3.8) is 0 Å². The molecule has 0 saturated carbocycles. The van der Waals surface area contributed by atoms with Crippen LogP contribution in [0, 0.1) is 0 Å². The zero-order chi connectivity index (χ0) is 11.1. The molecule has 0 saturated heterocycles. The minimum absolute atomic E-state index is 0.277. The van der Waals surface area contributed by atoms with E-state index >= 15 is 0 Å². The Kier molecular flexibility index (Phi) is 4.90. The molecule has 0 radical (unpaired) electrons. The van der Waals surface area contributed by atoms with Gasteiger partial charge in [0.05, 0.1) is 7.11 Å². The molecular formula is C11H19N3O. The smallest absolute Gasteiger partial charge is 0.214 e. The van der Waals surface area contributed by atoms with Crippen molar-refractivity contribution in [2.45, 2.75) is 25.8 Å². The second-order valence-electron chi connectivity index (χ2n) is 3.63. The maximum atomic E-state index is 5.66. The van der Waals surface area contributed by atoms with Crippen molar-refractivity contribution in [1.29, 1.82) is 0 Å². The Morgan fingerprint density at radius 3 is 3.07 bits per heavy atom. The van der Waals surface area contributed by atoms with Gasteiger partial charge in [-0.15, -0.1) is 0 Å². The number of nitrogens with two attached hydrogens (primary N) is 1. The van der Waals surface area contributed by atoms with Gasteiger partial charge < -0.3 is 15.8 Å². The van der Waals surface area contributed by atoms with E-state index in [1.54, 1.807) is 13.3 Å². The molecule has 84 valence electrons. The van der Waals surface area contributed by atoms with E-state index in [4.69, 9.17) is 10.5 Å². The summed E-state index contributed by atoms with van der Waals surface area (Å²) in [5.41, 5.74) is 6.69. The number of aromatic nitrogens is 1. The van der Waals surface area contributed by atoms with Gasteiger partial charge in [0.1, 0.15) is 0 Å². The number of hydrogen-bond donors (Lipinski definition) is 2. The molecule has 1 aromatic rings. The van der Waals surface area contributed by atoms with E-state index in [1.807, 2.05) is 19.1 Å². The zero-order valence-electron chi connectivity index (χ0n) is 9.36. The van der Waals surface area contributed by atoms with Crippen molar-refractivity contribution in [2.24, 2.45) is 5.73 Å². The molecule has 1 rings (SSSR count). The maximum absolute atomic E-state index is 5.66. The third kappa shape index (κ3) is 4.65. The van der Waals surface area contributed by atoms with Crippen LogP contribution in [0.4, 0.5) is 5.69 Å². The first kappa shape index (κ1) is 11.8. The fraction of sp³-hybridized carbons (Fsp3) is 0.545. The van der Waals surface area contributed by atoms with E-state index in [2.05, 4.69) is 10.3 Å². The van der Waals surface area contributed by atoms with Crippen LogP contribution in [-0.4, -0.2) is 24.7 Å². The van der Waals surface area contributed by atoms with E-state index in [-0.39, 0.29) is 6.04 Å². The van der Waals surface area contributed by atoms with Crippen LogP contribution < -0.4 is 15.8 Å². The largest absolute Gasteiger partial charge is 0.481 e. The van der Waals surface area contributed by atoms with Crippen LogP contribution in [0.2, 0.25) is 0 Å². The first-order valence-corrected chi connectivity index (χ1v) is 5.22. The van der Waals surface area contributed by atoms with Crippen molar-refractivity contribution in [1.82, 2.24) is 4.98 Å². The molecule has 3 N–H and O–H groups in total. The lowest BCUT2D eigenvalue weighted by Crippen LogP contribution is -2.16. The minimum Gasteiger partial charge on any atom is -0.481 e. The second-order valence-corrected chi connectivity index (χ2v) is 3.63. The number of hydrogen-bond acceptors (Lipinski definition) is 4. The highest BCUT2D eigenvalue weighted by Crippen LogP contribution is 2.13. The van der Waals surface area contributed by atoms with Crippen LogP contribution in [-0.2, 0) is 0 Å². The van der Waals surface area contributed by atoms with Crippen molar-refractivity contribution in [3.8, 4) is 5.88 Å². The standard InChI is InChI=1S/C11H19N3O/c1-9(12)4-3-6-13-10-5-7-14-11(8-10)15-2/h5,7-9H,3-4,6,12H2,1-2H3,(H,13,14). The average Bonchev–Trinajstić information content (AvgIpc) is 2.24. The van der Waals surface area contributed by atoms with E-state index in [0.717, 1.165) is 25.1 Å². The number of anilines is 1. The summed E-state index contributed by atoms with van der Waals surface area (Å²) in [6, 6.07) is 4.08. The molecule has 1 unspecified atom stereocenters. The van der Waals surface area contributed by atoms with E-state index in [1.165, 1.54) is 0 Å².